The van der Waals surface area contributed by atoms with E-state index in [1.165, 1.54) is 13.3 Å². The van der Waals surface area contributed by atoms with E-state index in [1.807, 2.05) is 6.92 Å². The highest BCUT2D eigenvalue weighted by Crippen LogP contribution is 2.44. The molecule has 3 N–H and O–H groups in total. The number of hydrogen-bond acceptors (Lipinski definition) is 6. The van der Waals surface area contributed by atoms with Gasteiger partial charge in [0.1, 0.15) is 11.3 Å². The number of nitrogens with zero attached hydrogens (tertiary/aromatic N) is 2. The van der Waals surface area contributed by atoms with Crippen LogP contribution in [0.2, 0.25) is 0 Å². The van der Waals surface area contributed by atoms with Gasteiger partial charge in [0.15, 0.2) is 11.6 Å². The molecule has 3 atom stereocenters. The topological polar surface area (TPSA) is 112 Å². The van der Waals surface area contributed by atoms with E-state index in [-0.39, 0.29) is 41.9 Å². The number of aliphatic hydroxyl groups is 2. The SMILES string of the molecule is COc1c(N2CC(C)C(O)C(CO)C2)c(F)cc2c(=O)c(C(=O)O)cn(C3CC3)c12. The third-order valence-electron chi connectivity index (χ3n) is 6.15. The van der Waals surface area contributed by atoms with E-state index >= 15 is 4.39 Å². The maximum absolute atomic E-state index is 15.3. The molecule has 2 aliphatic rings. The van der Waals surface area contributed by atoms with Crippen LogP contribution in [-0.4, -0.2) is 58.8 Å². The van der Waals surface area contributed by atoms with Gasteiger partial charge in [0, 0.05) is 31.2 Å². The summed E-state index contributed by atoms with van der Waals surface area (Å²) in [6, 6.07) is 1.09. The minimum Gasteiger partial charge on any atom is -0.492 e. The van der Waals surface area contributed by atoms with E-state index in [9.17, 15) is 24.9 Å². The molecule has 0 radical (unpaired) electrons. The summed E-state index contributed by atoms with van der Waals surface area (Å²) < 4.78 is 22.6. The molecule has 1 saturated carbocycles. The molecule has 162 valence electrons. The van der Waals surface area contributed by atoms with Crippen molar-refractivity contribution in [2.24, 2.45) is 11.8 Å². The van der Waals surface area contributed by atoms with Gasteiger partial charge in [-0.15, -0.1) is 0 Å². The standard InChI is InChI=1S/C21H25FN2O6/c1-10-6-23(7-11(9-25)18(10)26)17-15(22)5-13-16(20(17)30-2)24(12-3-4-12)8-14(19(13)27)21(28)29/h5,8,10-12,18,25-26H,3-4,6-7,9H2,1-2H3,(H,28,29). The summed E-state index contributed by atoms with van der Waals surface area (Å²) >= 11 is 0. The molecule has 30 heavy (non-hydrogen) atoms. The number of rotatable bonds is 5. The molecule has 1 aromatic carbocycles. The Balaban J connectivity index is 1.97. The molecular formula is C21H25FN2O6. The lowest BCUT2D eigenvalue weighted by molar-refractivity contribution is 0.0175. The van der Waals surface area contributed by atoms with Gasteiger partial charge in [-0.1, -0.05) is 6.92 Å². The third-order valence-corrected chi connectivity index (χ3v) is 6.15. The number of benzene rings is 1. The number of piperidine rings is 1. The molecule has 8 nitrogen and oxygen atoms in total. The number of anilines is 1. The van der Waals surface area contributed by atoms with E-state index < -0.39 is 34.8 Å². The minimum atomic E-state index is -1.36. The quantitative estimate of drug-likeness (QED) is 0.674. The van der Waals surface area contributed by atoms with Gasteiger partial charge in [-0.05, 0) is 24.8 Å². The Labute approximate surface area is 172 Å². The number of aromatic carboxylic acids is 1. The van der Waals surface area contributed by atoms with E-state index in [0.717, 1.165) is 18.9 Å². The van der Waals surface area contributed by atoms with Gasteiger partial charge in [-0.25, -0.2) is 9.18 Å². The molecule has 2 heterocycles. The zero-order valence-electron chi connectivity index (χ0n) is 16.8. The Hall–Kier alpha value is -2.65. The number of carboxylic acid groups (broad SMARTS) is 1. The van der Waals surface area contributed by atoms with Crippen molar-refractivity contribution >= 4 is 22.6 Å². The average molecular weight is 420 g/mol. The van der Waals surface area contributed by atoms with Gasteiger partial charge < -0.3 is 29.5 Å². The fraction of sp³-hybridized carbons (Fsp3) is 0.524. The van der Waals surface area contributed by atoms with Gasteiger partial charge in [0.2, 0.25) is 5.43 Å². The largest absolute Gasteiger partial charge is 0.492 e. The van der Waals surface area contributed by atoms with Crippen LogP contribution in [0.5, 0.6) is 5.75 Å². The van der Waals surface area contributed by atoms with Crippen molar-refractivity contribution in [3.8, 4) is 5.75 Å². The summed E-state index contributed by atoms with van der Waals surface area (Å²) in [5.41, 5.74) is -0.641. The lowest BCUT2D eigenvalue weighted by Gasteiger charge is -2.41. The van der Waals surface area contributed by atoms with Crippen molar-refractivity contribution in [2.75, 3.05) is 31.7 Å². The predicted molar refractivity (Wildman–Crippen MR) is 108 cm³/mol. The van der Waals surface area contributed by atoms with Crippen LogP contribution in [0.4, 0.5) is 10.1 Å². The molecule has 2 fully saturated rings. The highest BCUT2D eigenvalue weighted by molar-refractivity contribution is 5.97. The second kappa shape index (κ2) is 7.55. The first-order valence-corrected chi connectivity index (χ1v) is 10.0. The summed E-state index contributed by atoms with van der Waals surface area (Å²) in [5, 5.41) is 29.3. The molecule has 3 unspecified atom stereocenters. The first-order chi connectivity index (χ1) is 14.3. The Morgan fingerprint density at radius 1 is 1.33 bits per heavy atom. The summed E-state index contributed by atoms with van der Waals surface area (Å²) in [7, 11) is 1.39. The second-order valence-electron chi connectivity index (χ2n) is 8.27. The first kappa shape index (κ1) is 20.6. The molecule has 2 aromatic rings. The summed E-state index contributed by atoms with van der Waals surface area (Å²) in [6.07, 6.45) is 2.26. The number of pyridine rings is 1. The zero-order chi connectivity index (χ0) is 21.7. The lowest BCUT2D eigenvalue weighted by Crippen LogP contribution is -2.50. The number of halogens is 1. The van der Waals surface area contributed by atoms with Gasteiger partial charge in [0.25, 0.3) is 0 Å². The maximum atomic E-state index is 15.3. The third kappa shape index (κ3) is 3.22. The highest BCUT2D eigenvalue weighted by Gasteiger charge is 2.37. The number of carbonyl (C=O) groups is 1. The minimum absolute atomic E-state index is 0.0192. The molecule has 1 aliphatic heterocycles. The Morgan fingerprint density at radius 3 is 2.60 bits per heavy atom. The van der Waals surface area contributed by atoms with Crippen molar-refractivity contribution in [1.82, 2.24) is 4.57 Å². The van der Waals surface area contributed by atoms with Gasteiger partial charge in [-0.2, -0.15) is 0 Å². The number of carboxylic acids is 1. The van der Waals surface area contributed by atoms with E-state index in [0.29, 0.717) is 12.1 Å². The van der Waals surface area contributed by atoms with Crippen LogP contribution in [0.3, 0.4) is 0 Å². The number of methoxy groups -OCH3 is 1. The molecular weight excluding hydrogens is 395 g/mol. The van der Waals surface area contributed by atoms with E-state index in [4.69, 9.17) is 4.74 Å². The highest BCUT2D eigenvalue weighted by atomic mass is 19.1. The number of aliphatic hydroxyl groups excluding tert-OH is 2. The molecule has 0 amide bonds. The number of hydrogen-bond donors (Lipinski definition) is 3. The Kier molecular flexibility index (Phi) is 5.19. The van der Waals surface area contributed by atoms with Crippen LogP contribution >= 0.6 is 0 Å². The Bertz CT molecular complexity index is 1060. The molecule has 1 aliphatic carbocycles. The number of aromatic nitrogens is 1. The van der Waals surface area contributed by atoms with Crippen molar-refractivity contribution in [2.45, 2.75) is 31.9 Å². The van der Waals surface area contributed by atoms with Gasteiger partial charge in [0.05, 0.1) is 30.7 Å². The molecule has 1 saturated heterocycles. The van der Waals surface area contributed by atoms with Crippen LogP contribution in [-0.2, 0) is 0 Å². The molecule has 4 rings (SSSR count). The number of ether oxygens (including phenoxy) is 1. The van der Waals surface area contributed by atoms with Crippen molar-refractivity contribution in [3.05, 3.63) is 33.9 Å². The summed E-state index contributed by atoms with van der Waals surface area (Å²) in [5.74, 6) is -2.57. The van der Waals surface area contributed by atoms with Crippen LogP contribution < -0.4 is 15.1 Å². The molecule has 1 aromatic heterocycles. The smallest absolute Gasteiger partial charge is 0.341 e. The fourth-order valence-electron chi connectivity index (χ4n) is 4.46. The summed E-state index contributed by atoms with van der Waals surface area (Å²) in [4.78, 5) is 26.0. The average Bonchev–Trinajstić information content (AvgIpc) is 3.54. The first-order valence-electron chi connectivity index (χ1n) is 10.0. The number of fused-ring (bicyclic) bond motifs is 1. The van der Waals surface area contributed by atoms with Crippen LogP contribution in [0, 0.1) is 17.7 Å². The Morgan fingerprint density at radius 2 is 2.03 bits per heavy atom. The zero-order valence-corrected chi connectivity index (χ0v) is 16.8. The fourth-order valence-corrected chi connectivity index (χ4v) is 4.46. The van der Waals surface area contributed by atoms with Crippen LogP contribution in [0.25, 0.3) is 10.9 Å². The van der Waals surface area contributed by atoms with Crippen LogP contribution in [0.15, 0.2) is 17.1 Å². The van der Waals surface area contributed by atoms with Gasteiger partial charge in [-0.3, -0.25) is 4.79 Å². The monoisotopic (exact) mass is 420 g/mol. The molecule has 0 bridgehead atoms. The molecule has 0 spiro atoms. The van der Waals surface area contributed by atoms with E-state index in [1.54, 1.807) is 9.47 Å². The van der Waals surface area contributed by atoms with Crippen molar-refractivity contribution in [3.63, 3.8) is 0 Å². The van der Waals surface area contributed by atoms with Crippen molar-refractivity contribution < 1.29 is 29.2 Å². The van der Waals surface area contributed by atoms with Crippen molar-refractivity contribution in [1.29, 1.82) is 0 Å². The maximum Gasteiger partial charge on any atom is 0.341 e. The van der Waals surface area contributed by atoms with Crippen LogP contribution in [0.1, 0.15) is 36.2 Å². The second-order valence-corrected chi connectivity index (χ2v) is 8.27. The molecule has 9 heteroatoms. The normalized spacial score (nSPS) is 24.3. The predicted octanol–water partition coefficient (Wildman–Crippen LogP) is 1.61. The van der Waals surface area contributed by atoms with E-state index in [2.05, 4.69) is 0 Å². The lowest BCUT2D eigenvalue weighted by atomic mass is 9.87. The summed E-state index contributed by atoms with van der Waals surface area (Å²) in [6.45, 7) is 2.15. The van der Waals surface area contributed by atoms with Gasteiger partial charge >= 0.3 is 5.97 Å².